The van der Waals surface area contributed by atoms with Crippen LogP contribution in [0.25, 0.3) is 16.7 Å². The predicted molar refractivity (Wildman–Crippen MR) is 126 cm³/mol. The highest BCUT2D eigenvalue weighted by molar-refractivity contribution is 7.89. The maximum atomic E-state index is 12.8. The van der Waals surface area contributed by atoms with Gasteiger partial charge in [-0.25, -0.2) is 18.1 Å². The summed E-state index contributed by atoms with van der Waals surface area (Å²) in [4.78, 5) is 17.5. The zero-order valence-corrected chi connectivity index (χ0v) is 18.8. The number of fused-ring (bicyclic) bond motifs is 1. The van der Waals surface area contributed by atoms with Crippen LogP contribution in [0, 0.1) is 6.92 Å². The lowest BCUT2D eigenvalue weighted by molar-refractivity contribution is 0.102. The number of para-hydroxylation sites is 1. The molecule has 1 heterocycles. The molecule has 0 atom stereocenters. The van der Waals surface area contributed by atoms with Crippen LogP contribution in [0.1, 0.15) is 30.0 Å². The van der Waals surface area contributed by atoms with Crippen molar-refractivity contribution in [2.24, 2.45) is 0 Å². The molecule has 1 amide bonds. The normalized spacial score (nSPS) is 11.8. The van der Waals surface area contributed by atoms with Gasteiger partial charge in [0.25, 0.3) is 5.91 Å². The first-order chi connectivity index (χ1) is 15.2. The van der Waals surface area contributed by atoms with Gasteiger partial charge in [0, 0.05) is 23.0 Å². The van der Waals surface area contributed by atoms with Gasteiger partial charge >= 0.3 is 0 Å². The Balaban J connectivity index is 1.56. The summed E-state index contributed by atoms with van der Waals surface area (Å²) in [5.41, 5.74) is 3.61. The fraction of sp³-hybridized carbons (Fsp3) is 0.167. The van der Waals surface area contributed by atoms with Crippen LogP contribution in [0.5, 0.6) is 0 Å². The van der Waals surface area contributed by atoms with Crippen molar-refractivity contribution in [1.82, 2.24) is 14.3 Å². The number of hydrogen-bond donors (Lipinski definition) is 2. The van der Waals surface area contributed by atoms with E-state index in [1.165, 1.54) is 12.1 Å². The van der Waals surface area contributed by atoms with Crippen LogP contribution < -0.4 is 10.0 Å². The molecule has 0 aliphatic rings. The van der Waals surface area contributed by atoms with Gasteiger partial charge in [0.1, 0.15) is 5.82 Å². The van der Waals surface area contributed by atoms with Crippen LogP contribution >= 0.6 is 0 Å². The average molecular weight is 449 g/mol. The first-order valence-electron chi connectivity index (χ1n) is 10.2. The van der Waals surface area contributed by atoms with Gasteiger partial charge in [0.05, 0.1) is 15.9 Å². The Bertz CT molecular complexity index is 1380. The van der Waals surface area contributed by atoms with Crippen molar-refractivity contribution in [2.75, 3.05) is 5.32 Å². The topological polar surface area (TPSA) is 93.1 Å². The molecule has 0 saturated carbocycles. The van der Waals surface area contributed by atoms with Crippen LogP contribution in [-0.4, -0.2) is 29.9 Å². The van der Waals surface area contributed by atoms with E-state index < -0.39 is 10.0 Å². The Hall–Kier alpha value is -3.49. The summed E-state index contributed by atoms with van der Waals surface area (Å²) in [6.07, 6.45) is 0. The standard InChI is InChI=1S/C24H24N4O3S/c1-16(2)27-32(30,31)21-12-10-19(11-13-21)26-24(29)18-9-14-23-22(15-18)25-17(3)28(23)20-7-5-4-6-8-20/h4-16,27H,1-3H3,(H,26,29). The molecule has 2 N–H and O–H groups in total. The molecule has 0 spiro atoms. The number of carbonyl (C=O) groups is 1. The third-order valence-corrected chi connectivity index (χ3v) is 6.59. The predicted octanol–water partition coefficient (Wildman–Crippen LogP) is 4.27. The molecule has 0 bridgehead atoms. The van der Waals surface area contributed by atoms with Gasteiger partial charge < -0.3 is 5.32 Å². The zero-order valence-electron chi connectivity index (χ0n) is 18.0. The van der Waals surface area contributed by atoms with Gasteiger partial charge in [-0.05, 0) is 75.4 Å². The fourth-order valence-corrected chi connectivity index (χ4v) is 4.80. The van der Waals surface area contributed by atoms with Crippen molar-refractivity contribution < 1.29 is 13.2 Å². The second kappa shape index (κ2) is 8.57. The molecule has 0 fully saturated rings. The monoisotopic (exact) mass is 448 g/mol. The van der Waals surface area contributed by atoms with Gasteiger partial charge in [0.15, 0.2) is 0 Å². The van der Waals surface area contributed by atoms with E-state index in [9.17, 15) is 13.2 Å². The number of sulfonamides is 1. The highest BCUT2D eigenvalue weighted by atomic mass is 32.2. The molecule has 1 aromatic heterocycles. The molecule has 0 aliphatic heterocycles. The van der Waals surface area contributed by atoms with Crippen molar-refractivity contribution in [3.05, 3.63) is 84.2 Å². The van der Waals surface area contributed by atoms with Gasteiger partial charge in [-0.15, -0.1) is 0 Å². The molecule has 4 aromatic rings. The number of nitrogens with zero attached hydrogens (tertiary/aromatic N) is 2. The lowest BCUT2D eigenvalue weighted by atomic mass is 10.1. The van der Waals surface area contributed by atoms with E-state index in [4.69, 9.17) is 0 Å². The van der Waals surface area contributed by atoms with Crippen molar-refractivity contribution in [3.63, 3.8) is 0 Å². The summed E-state index contributed by atoms with van der Waals surface area (Å²) in [5.74, 6) is 0.533. The summed E-state index contributed by atoms with van der Waals surface area (Å²) in [6.45, 7) is 5.44. The third-order valence-electron chi connectivity index (χ3n) is 4.91. The maximum absolute atomic E-state index is 12.8. The fourth-order valence-electron chi connectivity index (χ4n) is 3.54. The summed E-state index contributed by atoms with van der Waals surface area (Å²) >= 11 is 0. The van der Waals surface area contributed by atoms with Gasteiger partial charge in [-0.1, -0.05) is 18.2 Å². The summed E-state index contributed by atoms with van der Waals surface area (Å²) < 4.78 is 29.1. The summed E-state index contributed by atoms with van der Waals surface area (Å²) in [7, 11) is -3.58. The number of anilines is 1. The first-order valence-corrected chi connectivity index (χ1v) is 11.7. The van der Waals surface area contributed by atoms with Crippen molar-refractivity contribution >= 4 is 32.7 Å². The van der Waals surface area contributed by atoms with Crippen LogP contribution in [0.2, 0.25) is 0 Å². The van der Waals surface area contributed by atoms with Crippen LogP contribution in [-0.2, 0) is 10.0 Å². The second-order valence-electron chi connectivity index (χ2n) is 7.79. The number of aromatic nitrogens is 2. The van der Waals surface area contributed by atoms with E-state index in [2.05, 4.69) is 15.0 Å². The smallest absolute Gasteiger partial charge is 0.255 e. The van der Waals surface area contributed by atoms with Crippen LogP contribution in [0.15, 0.2) is 77.7 Å². The number of nitrogens with one attached hydrogen (secondary N) is 2. The molecule has 164 valence electrons. The SMILES string of the molecule is Cc1nc2cc(C(=O)Nc3ccc(S(=O)(=O)NC(C)C)cc3)ccc2n1-c1ccccc1. The number of benzene rings is 3. The van der Waals surface area contributed by atoms with Crippen LogP contribution in [0.4, 0.5) is 5.69 Å². The molecule has 32 heavy (non-hydrogen) atoms. The number of rotatable bonds is 6. The number of carbonyl (C=O) groups excluding carboxylic acids is 1. The van der Waals surface area contributed by atoms with E-state index in [1.807, 2.05) is 47.9 Å². The summed E-state index contributed by atoms with van der Waals surface area (Å²) in [6, 6.07) is 21.2. The van der Waals surface area contributed by atoms with Crippen LogP contribution in [0.3, 0.4) is 0 Å². The molecule has 7 nitrogen and oxygen atoms in total. The Morgan fingerprint density at radius 3 is 2.31 bits per heavy atom. The number of amides is 1. The van der Waals surface area contributed by atoms with E-state index >= 15 is 0 Å². The van der Waals surface area contributed by atoms with Gasteiger partial charge in [-0.3, -0.25) is 9.36 Å². The van der Waals surface area contributed by atoms with Crippen molar-refractivity contribution in [2.45, 2.75) is 31.7 Å². The lowest BCUT2D eigenvalue weighted by Crippen LogP contribution is -2.30. The van der Waals surface area contributed by atoms with E-state index in [-0.39, 0.29) is 16.8 Å². The highest BCUT2D eigenvalue weighted by Gasteiger charge is 2.16. The Kier molecular flexibility index (Phi) is 5.82. The lowest BCUT2D eigenvalue weighted by Gasteiger charge is -2.10. The molecule has 0 radical (unpaired) electrons. The van der Waals surface area contributed by atoms with Crippen molar-refractivity contribution in [1.29, 1.82) is 0 Å². The number of hydrogen-bond acceptors (Lipinski definition) is 4. The minimum atomic E-state index is -3.58. The van der Waals surface area contributed by atoms with E-state index in [0.29, 0.717) is 11.3 Å². The third kappa shape index (κ3) is 4.42. The minimum Gasteiger partial charge on any atom is -0.322 e. The summed E-state index contributed by atoms with van der Waals surface area (Å²) in [5, 5.41) is 2.81. The molecule has 4 rings (SSSR count). The molecule has 3 aromatic carbocycles. The average Bonchev–Trinajstić information content (AvgIpc) is 3.08. The molecule has 8 heteroatoms. The van der Waals surface area contributed by atoms with Gasteiger partial charge in [-0.2, -0.15) is 0 Å². The molecular formula is C24H24N4O3S. The Morgan fingerprint density at radius 1 is 0.969 bits per heavy atom. The number of aryl methyl sites for hydroxylation is 1. The molecule has 0 saturated heterocycles. The quantitative estimate of drug-likeness (QED) is 0.461. The molecule has 0 aliphatic carbocycles. The molecular weight excluding hydrogens is 424 g/mol. The van der Waals surface area contributed by atoms with Gasteiger partial charge in [0.2, 0.25) is 10.0 Å². The molecule has 0 unspecified atom stereocenters. The first kappa shape index (κ1) is 21.7. The second-order valence-corrected chi connectivity index (χ2v) is 9.50. The Morgan fingerprint density at radius 2 is 1.66 bits per heavy atom. The highest BCUT2D eigenvalue weighted by Crippen LogP contribution is 2.23. The zero-order chi connectivity index (χ0) is 22.9. The van der Waals surface area contributed by atoms with E-state index in [0.717, 1.165) is 22.5 Å². The number of imidazole rings is 1. The minimum absolute atomic E-state index is 0.146. The Labute approximate surface area is 187 Å². The van der Waals surface area contributed by atoms with Crippen molar-refractivity contribution in [3.8, 4) is 5.69 Å². The largest absolute Gasteiger partial charge is 0.322 e. The van der Waals surface area contributed by atoms with E-state index in [1.54, 1.807) is 38.1 Å². The maximum Gasteiger partial charge on any atom is 0.255 e.